The molecule has 1 N–H and O–H groups in total. The largest absolute Gasteiger partial charge is 0.481 e. The van der Waals surface area contributed by atoms with Crippen LogP contribution in [0.4, 0.5) is 13.2 Å². The van der Waals surface area contributed by atoms with Crippen molar-refractivity contribution in [3.63, 3.8) is 0 Å². The second kappa shape index (κ2) is 4.63. The van der Waals surface area contributed by atoms with Gasteiger partial charge in [0.25, 0.3) is 0 Å². The Morgan fingerprint density at radius 1 is 1.47 bits per heavy atom. The lowest BCUT2D eigenvalue weighted by Crippen LogP contribution is -2.15. The van der Waals surface area contributed by atoms with Crippen LogP contribution in [0.3, 0.4) is 0 Å². The molecule has 0 aliphatic carbocycles. The first-order valence-electron chi connectivity index (χ1n) is 4.28. The number of carboxylic acids is 1. The van der Waals surface area contributed by atoms with Gasteiger partial charge in [-0.3, -0.25) is 4.79 Å². The smallest absolute Gasteiger partial charge is 0.418 e. The molecule has 0 unspecified atom stereocenters. The summed E-state index contributed by atoms with van der Waals surface area (Å²) < 4.78 is 38.2. The number of carbonyl (C=O) groups is 1. The van der Waals surface area contributed by atoms with Crippen molar-refractivity contribution in [1.29, 1.82) is 5.26 Å². The number of hydrogen-bond acceptors (Lipinski definition) is 2. The number of hydrogen-bond donors (Lipinski definition) is 1. The Morgan fingerprint density at radius 3 is 2.47 bits per heavy atom. The molecule has 0 fully saturated rings. The molecule has 0 atom stereocenters. The lowest BCUT2D eigenvalue weighted by Gasteiger charge is -2.14. The van der Waals surface area contributed by atoms with E-state index in [1.54, 1.807) is 0 Å². The van der Waals surface area contributed by atoms with Crippen LogP contribution in [0, 0.1) is 11.3 Å². The highest BCUT2D eigenvalue weighted by Crippen LogP contribution is 2.37. The molecule has 0 saturated carbocycles. The molecule has 0 saturated heterocycles. The maximum atomic E-state index is 12.7. The van der Waals surface area contributed by atoms with Gasteiger partial charge in [0.1, 0.15) is 0 Å². The molecule has 3 nitrogen and oxygen atoms in total. The predicted octanol–water partition coefficient (Wildman–Crippen LogP) is 2.86. The van der Waals surface area contributed by atoms with Crippen LogP contribution in [-0.2, 0) is 17.4 Å². The topological polar surface area (TPSA) is 61.1 Å². The molecule has 0 radical (unpaired) electrons. The normalized spacial score (nSPS) is 11.0. The van der Waals surface area contributed by atoms with E-state index in [9.17, 15) is 18.0 Å². The summed E-state index contributed by atoms with van der Waals surface area (Å²) in [6.07, 6.45) is -5.70. The van der Waals surface area contributed by atoms with E-state index in [1.807, 2.05) is 0 Å². The first-order chi connectivity index (χ1) is 7.77. The third-order valence-corrected chi connectivity index (χ3v) is 2.34. The summed E-state index contributed by atoms with van der Waals surface area (Å²) in [7, 11) is 0. The molecule has 0 heterocycles. The fraction of sp³-hybridized carbons (Fsp3) is 0.200. The second-order valence-corrected chi connectivity index (χ2v) is 3.54. The summed E-state index contributed by atoms with van der Waals surface area (Å²) in [5.74, 6) is -1.45. The molecular weight excluding hydrogens is 259 g/mol. The monoisotopic (exact) mass is 263 g/mol. The first-order valence-corrected chi connectivity index (χ1v) is 4.65. The number of nitriles is 1. The van der Waals surface area contributed by atoms with E-state index in [1.165, 1.54) is 6.07 Å². The maximum absolute atomic E-state index is 12.7. The molecule has 17 heavy (non-hydrogen) atoms. The number of nitrogens with zero attached hydrogens (tertiary/aromatic N) is 1. The summed E-state index contributed by atoms with van der Waals surface area (Å²) in [4.78, 5) is 10.5. The summed E-state index contributed by atoms with van der Waals surface area (Å²) >= 11 is 5.54. The van der Waals surface area contributed by atoms with Crippen LogP contribution in [0.5, 0.6) is 0 Å². The average molecular weight is 264 g/mol. The second-order valence-electron chi connectivity index (χ2n) is 3.13. The average Bonchev–Trinajstić information content (AvgIpc) is 2.18. The minimum Gasteiger partial charge on any atom is -0.481 e. The zero-order valence-corrected chi connectivity index (χ0v) is 8.93. The summed E-state index contributed by atoms with van der Waals surface area (Å²) in [5, 5.41) is 16.8. The van der Waals surface area contributed by atoms with Gasteiger partial charge in [0.05, 0.1) is 23.6 Å². The fourth-order valence-corrected chi connectivity index (χ4v) is 1.59. The van der Waals surface area contributed by atoms with E-state index in [4.69, 9.17) is 22.0 Å². The molecule has 0 aromatic heterocycles. The molecule has 0 aliphatic heterocycles. The molecule has 7 heteroatoms. The summed E-state index contributed by atoms with van der Waals surface area (Å²) in [6.45, 7) is 0. The quantitative estimate of drug-likeness (QED) is 0.892. The number of aliphatic carboxylic acids is 1. The van der Waals surface area contributed by atoms with Gasteiger partial charge in [0, 0.05) is 5.02 Å². The highest BCUT2D eigenvalue weighted by Gasteiger charge is 2.37. The van der Waals surface area contributed by atoms with Crippen LogP contribution in [0.1, 0.15) is 16.7 Å². The lowest BCUT2D eigenvalue weighted by molar-refractivity contribution is -0.139. The molecule has 1 aromatic carbocycles. The van der Waals surface area contributed by atoms with Gasteiger partial charge in [-0.05, 0) is 17.7 Å². The Balaban J connectivity index is 3.55. The van der Waals surface area contributed by atoms with E-state index >= 15 is 0 Å². The van der Waals surface area contributed by atoms with Crippen LogP contribution < -0.4 is 0 Å². The zero-order valence-electron chi connectivity index (χ0n) is 8.18. The van der Waals surface area contributed by atoms with Crippen LogP contribution in [0.25, 0.3) is 0 Å². The standard InChI is InChI=1S/C10H5ClF3NO2/c11-7-2-1-5(4-15)9(10(12,13)14)6(7)3-8(16)17/h1-2H,3H2,(H,16,17). The Labute approximate surface area is 99.0 Å². The molecule has 0 aliphatic rings. The molecule has 0 amide bonds. The van der Waals surface area contributed by atoms with Gasteiger partial charge in [-0.1, -0.05) is 11.6 Å². The van der Waals surface area contributed by atoms with Crippen LogP contribution in [0.2, 0.25) is 5.02 Å². The number of halogens is 4. The SMILES string of the molecule is N#Cc1ccc(Cl)c(CC(=O)O)c1C(F)(F)F. The van der Waals surface area contributed by atoms with Crippen molar-refractivity contribution < 1.29 is 23.1 Å². The molecule has 1 aromatic rings. The molecule has 90 valence electrons. The Morgan fingerprint density at radius 2 is 2.06 bits per heavy atom. The van der Waals surface area contributed by atoms with E-state index in [0.29, 0.717) is 0 Å². The number of benzene rings is 1. The Kier molecular flexibility index (Phi) is 3.63. The van der Waals surface area contributed by atoms with Crippen LogP contribution in [0.15, 0.2) is 12.1 Å². The molecule has 0 spiro atoms. The molecular formula is C10H5ClF3NO2. The van der Waals surface area contributed by atoms with Gasteiger partial charge >= 0.3 is 12.1 Å². The minimum absolute atomic E-state index is 0.321. The van der Waals surface area contributed by atoms with Gasteiger partial charge in [-0.25, -0.2) is 0 Å². The number of carboxylic acid groups (broad SMARTS) is 1. The van der Waals surface area contributed by atoms with Gasteiger partial charge in [0.15, 0.2) is 0 Å². The maximum Gasteiger partial charge on any atom is 0.418 e. The van der Waals surface area contributed by atoms with Gasteiger partial charge in [-0.15, -0.1) is 0 Å². The molecule has 1 rings (SSSR count). The van der Waals surface area contributed by atoms with Crippen molar-refractivity contribution in [2.75, 3.05) is 0 Å². The lowest BCUT2D eigenvalue weighted by atomic mass is 9.99. The zero-order chi connectivity index (χ0) is 13.2. The van der Waals surface area contributed by atoms with Gasteiger partial charge < -0.3 is 5.11 Å². The summed E-state index contributed by atoms with van der Waals surface area (Å²) in [5.41, 5.74) is -2.52. The highest BCUT2D eigenvalue weighted by atomic mass is 35.5. The third-order valence-electron chi connectivity index (χ3n) is 1.99. The third kappa shape index (κ3) is 2.88. The predicted molar refractivity (Wildman–Crippen MR) is 52.5 cm³/mol. The Bertz CT molecular complexity index is 505. The van der Waals surface area contributed by atoms with E-state index in [-0.39, 0.29) is 5.02 Å². The van der Waals surface area contributed by atoms with E-state index < -0.39 is 35.3 Å². The number of alkyl halides is 3. The summed E-state index contributed by atoms with van der Waals surface area (Å²) in [6, 6.07) is 3.36. The van der Waals surface area contributed by atoms with Crippen molar-refractivity contribution in [3.05, 3.63) is 33.8 Å². The van der Waals surface area contributed by atoms with Crippen molar-refractivity contribution in [2.24, 2.45) is 0 Å². The minimum atomic E-state index is -4.82. The van der Waals surface area contributed by atoms with Crippen LogP contribution >= 0.6 is 11.6 Å². The van der Waals surface area contributed by atoms with Crippen molar-refractivity contribution in [3.8, 4) is 6.07 Å². The van der Waals surface area contributed by atoms with Crippen LogP contribution in [-0.4, -0.2) is 11.1 Å². The van der Waals surface area contributed by atoms with Gasteiger partial charge in [0.2, 0.25) is 0 Å². The highest BCUT2D eigenvalue weighted by molar-refractivity contribution is 6.31. The van der Waals surface area contributed by atoms with Crippen molar-refractivity contribution in [2.45, 2.75) is 12.6 Å². The fourth-order valence-electron chi connectivity index (χ4n) is 1.36. The van der Waals surface area contributed by atoms with Crippen molar-refractivity contribution in [1.82, 2.24) is 0 Å². The molecule has 0 bridgehead atoms. The van der Waals surface area contributed by atoms with Crippen molar-refractivity contribution >= 4 is 17.6 Å². The van der Waals surface area contributed by atoms with Gasteiger partial charge in [-0.2, -0.15) is 18.4 Å². The Hall–Kier alpha value is -1.74. The van der Waals surface area contributed by atoms with E-state index in [0.717, 1.165) is 12.1 Å². The van der Waals surface area contributed by atoms with E-state index in [2.05, 4.69) is 0 Å². The first kappa shape index (κ1) is 13.3. The number of rotatable bonds is 2.